The number of nitrogens with two attached hydrogens (primary N) is 1. The van der Waals surface area contributed by atoms with Crippen molar-refractivity contribution in [3.63, 3.8) is 0 Å². The van der Waals surface area contributed by atoms with E-state index in [0.717, 1.165) is 11.1 Å². The number of benzene rings is 2. The number of carbonyl (C=O) groups is 1. The van der Waals surface area contributed by atoms with E-state index >= 15 is 0 Å². The number of nitrogens with one attached hydrogen (secondary N) is 1. The Hall–Kier alpha value is -2.61. The topological polar surface area (TPSA) is 80.9 Å². The molecule has 7 heteroatoms. The number of aromatic nitrogens is 2. The van der Waals surface area contributed by atoms with Crippen molar-refractivity contribution >= 4 is 17.5 Å². The molecule has 0 bridgehead atoms. The van der Waals surface area contributed by atoms with Gasteiger partial charge in [0.2, 0.25) is 0 Å². The van der Waals surface area contributed by atoms with Crippen LogP contribution in [-0.4, -0.2) is 28.0 Å². The van der Waals surface area contributed by atoms with Gasteiger partial charge in [-0.2, -0.15) is 0 Å². The lowest BCUT2D eigenvalue weighted by atomic mass is 9.98. The summed E-state index contributed by atoms with van der Waals surface area (Å²) in [5.74, 6) is -0.663. The zero-order valence-electron chi connectivity index (χ0n) is 18.9. The number of hydrogen-bond donors (Lipinski definition) is 2. The summed E-state index contributed by atoms with van der Waals surface area (Å²) in [6.07, 6.45) is 1.61. The molecule has 3 rings (SSSR count). The lowest BCUT2D eigenvalue weighted by Gasteiger charge is -2.14. The van der Waals surface area contributed by atoms with E-state index in [4.69, 9.17) is 5.73 Å². The smallest absolute Gasteiger partial charge is 0.184 e. The minimum atomic E-state index is -0.761. The van der Waals surface area contributed by atoms with E-state index in [1.165, 1.54) is 11.0 Å². The Bertz CT molecular complexity index is 1090. The molecule has 0 aliphatic rings. The van der Waals surface area contributed by atoms with Gasteiger partial charge in [0, 0.05) is 40.3 Å². The van der Waals surface area contributed by atoms with E-state index in [9.17, 15) is 9.18 Å². The normalized spacial score (nSPS) is 12.2. The van der Waals surface area contributed by atoms with E-state index in [1.54, 1.807) is 38.0 Å². The van der Waals surface area contributed by atoms with Gasteiger partial charge in [0.1, 0.15) is 11.5 Å². The van der Waals surface area contributed by atoms with Gasteiger partial charge < -0.3 is 11.1 Å². The summed E-state index contributed by atoms with van der Waals surface area (Å²) in [6.45, 7) is 6.60. The molecule has 3 N–H and O–H groups in total. The number of Topliss-reactive ketones (excluding diaryl/α,β-unsaturated/α-hetero) is 1. The van der Waals surface area contributed by atoms with E-state index in [-0.39, 0.29) is 17.9 Å². The highest BCUT2D eigenvalue weighted by Gasteiger charge is 2.20. The standard InChI is InChI=1S/C25H29FN4OS/c1-15(2)32-19-8-6-18(7-9-19)23-14-29-16(3)25(30-23)24(31)12-22(27)20-10-5-17(13-28-4)11-21(20)26/h5-11,14-15,22,28H,12-13,27H2,1-4H3. The summed E-state index contributed by atoms with van der Waals surface area (Å²) in [5, 5.41) is 3.48. The van der Waals surface area contributed by atoms with Crippen LogP contribution in [0.25, 0.3) is 11.3 Å². The monoisotopic (exact) mass is 452 g/mol. The molecule has 0 radical (unpaired) electrons. The Balaban J connectivity index is 1.78. The fourth-order valence-electron chi connectivity index (χ4n) is 3.42. The van der Waals surface area contributed by atoms with Crippen molar-refractivity contribution in [2.45, 2.75) is 49.9 Å². The Morgan fingerprint density at radius 1 is 1.19 bits per heavy atom. The second-order valence-corrected chi connectivity index (χ2v) is 9.65. The van der Waals surface area contributed by atoms with E-state index < -0.39 is 11.9 Å². The number of hydrogen-bond acceptors (Lipinski definition) is 6. The van der Waals surface area contributed by atoms with Crippen molar-refractivity contribution in [2.24, 2.45) is 5.73 Å². The van der Waals surface area contributed by atoms with Crippen LogP contribution < -0.4 is 11.1 Å². The third-order valence-electron chi connectivity index (χ3n) is 4.99. The van der Waals surface area contributed by atoms with Crippen molar-refractivity contribution in [3.8, 4) is 11.3 Å². The van der Waals surface area contributed by atoms with Crippen LogP contribution in [0, 0.1) is 12.7 Å². The van der Waals surface area contributed by atoms with Crippen LogP contribution in [0.2, 0.25) is 0 Å². The minimum Gasteiger partial charge on any atom is -0.323 e. The Kier molecular flexibility index (Phi) is 8.12. The van der Waals surface area contributed by atoms with Gasteiger partial charge in [-0.05, 0) is 37.7 Å². The molecular formula is C25H29FN4OS. The predicted octanol–water partition coefficient (Wildman–Crippen LogP) is 5.08. The molecule has 0 fully saturated rings. The molecule has 0 saturated heterocycles. The van der Waals surface area contributed by atoms with Crippen LogP contribution in [-0.2, 0) is 6.54 Å². The maximum atomic E-state index is 14.5. The Morgan fingerprint density at radius 3 is 2.53 bits per heavy atom. The van der Waals surface area contributed by atoms with Gasteiger partial charge in [0.25, 0.3) is 0 Å². The van der Waals surface area contributed by atoms with E-state index in [2.05, 4.69) is 29.1 Å². The highest BCUT2D eigenvalue weighted by Crippen LogP contribution is 2.27. The van der Waals surface area contributed by atoms with Gasteiger partial charge in [-0.1, -0.05) is 38.1 Å². The summed E-state index contributed by atoms with van der Waals surface area (Å²) in [5.41, 5.74) is 9.63. The third-order valence-corrected chi connectivity index (χ3v) is 6.01. The van der Waals surface area contributed by atoms with E-state index in [0.29, 0.717) is 28.7 Å². The zero-order chi connectivity index (χ0) is 23.3. The maximum absolute atomic E-state index is 14.5. The second kappa shape index (κ2) is 10.8. The molecule has 1 aromatic heterocycles. The predicted molar refractivity (Wildman–Crippen MR) is 128 cm³/mol. The lowest BCUT2D eigenvalue weighted by molar-refractivity contribution is 0.0968. The van der Waals surface area contributed by atoms with Crippen molar-refractivity contribution < 1.29 is 9.18 Å². The quantitative estimate of drug-likeness (QED) is 0.348. The first-order valence-electron chi connectivity index (χ1n) is 10.6. The molecule has 32 heavy (non-hydrogen) atoms. The molecule has 3 aromatic rings. The average molecular weight is 453 g/mol. The summed E-state index contributed by atoms with van der Waals surface area (Å²) in [7, 11) is 1.80. The van der Waals surface area contributed by atoms with Gasteiger partial charge in [-0.3, -0.25) is 9.78 Å². The largest absolute Gasteiger partial charge is 0.323 e. The van der Waals surface area contributed by atoms with Crippen molar-refractivity contribution in [3.05, 3.63) is 77.0 Å². The summed E-state index contributed by atoms with van der Waals surface area (Å²) in [6, 6.07) is 12.2. The molecule has 0 aliphatic carbocycles. The minimum absolute atomic E-state index is 0.0504. The van der Waals surface area contributed by atoms with Crippen molar-refractivity contribution in [2.75, 3.05) is 7.05 Å². The summed E-state index contributed by atoms with van der Waals surface area (Å²) < 4.78 is 14.5. The van der Waals surface area contributed by atoms with Gasteiger partial charge in [-0.15, -0.1) is 11.8 Å². The van der Waals surface area contributed by atoms with E-state index in [1.807, 2.05) is 30.3 Å². The number of ketones is 1. The summed E-state index contributed by atoms with van der Waals surface area (Å²) in [4.78, 5) is 23.1. The van der Waals surface area contributed by atoms with Gasteiger partial charge >= 0.3 is 0 Å². The first-order chi connectivity index (χ1) is 15.3. The van der Waals surface area contributed by atoms with Crippen molar-refractivity contribution in [1.82, 2.24) is 15.3 Å². The molecular weight excluding hydrogens is 423 g/mol. The van der Waals surface area contributed by atoms with Gasteiger partial charge in [-0.25, -0.2) is 9.37 Å². The molecule has 0 saturated carbocycles. The zero-order valence-corrected chi connectivity index (χ0v) is 19.7. The number of carbonyl (C=O) groups excluding carboxylic acids is 1. The molecule has 0 amide bonds. The fourth-order valence-corrected chi connectivity index (χ4v) is 4.26. The molecule has 5 nitrogen and oxygen atoms in total. The number of rotatable bonds is 9. The maximum Gasteiger partial charge on any atom is 0.184 e. The highest BCUT2D eigenvalue weighted by atomic mass is 32.2. The molecule has 0 spiro atoms. The molecule has 2 aromatic carbocycles. The van der Waals surface area contributed by atoms with Crippen LogP contribution in [0.1, 0.15) is 53.6 Å². The molecule has 1 heterocycles. The third kappa shape index (κ3) is 6.00. The lowest BCUT2D eigenvalue weighted by Crippen LogP contribution is -2.19. The van der Waals surface area contributed by atoms with Crippen LogP contribution in [0.4, 0.5) is 4.39 Å². The summed E-state index contributed by atoms with van der Waals surface area (Å²) >= 11 is 1.78. The van der Waals surface area contributed by atoms with Crippen LogP contribution in [0.3, 0.4) is 0 Å². The number of thioether (sulfide) groups is 1. The van der Waals surface area contributed by atoms with Gasteiger partial charge in [0.05, 0.1) is 17.6 Å². The Morgan fingerprint density at radius 2 is 1.91 bits per heavy atom. The fraction of sp³-hybridized carbons (Fsp3) is 0.320. The Labute approximate surface area is 193 Å². The van der Waals surface area contributed by atoms with Crippen LogP contribution in [0.5, 0.6) is 0 Å². The molecule has 1 unspecified atom stereocenters. The number of nitrogens with zero attached hydrogens (tertiary/aromatic N) is 2. The first-order valence-corrected chi connectivity index (χ1v) is 11.5. The van der Waals surface area contributed by atoms with Crippen LogP contribution >= 0.6 is 11.8 Å². The van der Waals surface area contributed by atoms with Crippen LogP contribution in [0.15, 0.2) is 53.6 Å². The molecule has 168 valence electrons. The molecule has 0 aliphatic heterocycles. The average Bonchev–Trinajstić information content (AvgIpc) is 2.74. The molecule has 1 atom stereocenters. The number of halogens is 1. The number of aryl methyl sites for hydroxylation is 1. The van der Waals surface area contributed by atoms with Crippen molar-refractivity contribution in [1.29, 1.82) is 0 Å². The first kappa shape index (κ1) is 24.0. The van der Waals surface area contributed by atoms with Gasteiger partial charge in [0.15, 0.2) is 5.78 Å². The second-order valence-electron chi connectivity index (χ2n) is 8.00. The highest BCUT2D eigenvalue weighted by molar-refractivity contribution is 7.99. The SMILES string of the molecule is CNCc1ccc(C(N)CC(=O)c2nc(-c3ccc(SC(C)C)cc3)cnc2C)c(F)c1.